The minimum atomic E-state index is -0.849. The van der Waals surface area contributed by atoms with Crippen LogP contribution in [0.25, 0.3) is 0 Å². The van der Waals surface area contributed by atoms with Crippen LogP contribution in [-0.2, 0) is 4.79 Å². The number of aliphatic hydroxyl groups excluding tert-OH is 1. The monoisotopic (exact) mass is 337 g/mol. The summed E-state index contributed by atoms with van der Waals surface area (Å²) < 4.78 is 18.4. The number of aliphatic hydroxyl groups is 1. The van der Waals surface area contributed by atoms with E-state index < -0.39 is 23.9 Å². The first-order valence-corrected chi connectivity index (χ1v) is 7.47. The van der Waals surface area contributed by atoms with Gasteiger partial charge in [-0.3, -0.25) is 4.79 Å². The zero-order valence-electron chi connectivity index (χ0n) is 12.5. The average molecular weight is 338 g/mol. The number of carbonyl (C=O) groups is 1. The summed E-state index contributed by atoms with van der Waals surface area (Å²) in [6, 6.07) is 12.3. The number of halogens is 2. The van der Waals surface area contributed by atoms with E-state index in [1.807, 2.05) is 0 Å². The first kappa shape index (κ1) is 17.2. The van der Waals surface area contributed by atoms with Gasteiger partial charge < -0.3 is 15.2 Å². The van der Waals surface area contributed by atoms with Crippen LogP contribution in [-0.4, -0.2) is 23.7 Å². The Hall–Kier alpha value is -2.11. The van der Waals surface area contributed by atoms with Gasteiger partial charge in [0.2, 0.25) is 0 Å². The number of rotatable bonds is 6. The predicted octanol–water partition coefficient (Wildman–Crippen LogP) is 3.10. The average Bonchev–Trinajstić information content (AvgIpc) is 2.53. The van der Waals surface area contributed by atoms with Crippen molar-refractivity contribution < 1.29 is 19.0 Å². The van der Waals surface area contributed by atoms with E-state index in [-0.39, 0.29) is 12.3 Å². The molecule has 2 atom stereocenters. The standard InChI is InChI=1S/C17H17ClFNO3/c1-11(23-15-4-2-3-14(19)9-15)17(22)20-10-16(21)12-5-7-13(18)8-6-12/h2-9,11,16,21H,10H2,1H3,(H,20,22). The Balaban J connectivity index is 1.85. The summed E-state index contributed by atoms with van der Waals surface area (Å²) in [5.74, 6) is -0.568. The van der Waals surface area contributed by atoms with Crippen molar-refractivity contribution in [3.05, 3.63) is 64.9 Å². The second kappa shape index (κ2) is 7.94. The molecule has 2 rings (SSSR count). The summed E-state index contributed by atoms with van der Waals surface area (Å²) in [7, 11) is 0. The second-order valence-corrected chi connectivity index (χ2v) is 5.47. The Kier molecular flexibility index (Phi) is 5.96. The third-order valence-electron chi connectivity index (χ3n) is 3.20. The van der Waals surface area contributed by atoms with Crippen LogP contribution in [0.1, 0.15) is 18.6 Å². The lowest BCUT2D eigenvalue weighted by Gasteiger charge is -2.17. The number of hydrogen-bond acceptors (Lipinski definition) is 3. The molecule has 0 aromatic heterocycles. The van der Waals surface area contributed by atoms with E-state index in [1.54, 1.807) is 37.3 Å². The molecule has 4 nitrogen and oxygen atoms in total. The molecule has 122 valence electrons. The molecule has 0 aliphatic rings. The highest BCUT2D eigenvalue weighted by Crippen LogP contribution is 2.16. The summed E-state index contributed by atoms with van der Waals surface area (Å²) in [4.78, 5) is 12.0. The number of nitrogens with one attached hydrogen (secondary N) is 1. The molecule has 0 radical (unpaired) electrons. The van der Waals surface area contributed by atoms with Crippen molar-refractivity contribution in [3.8, 4) is 5.75 Å². The van der Waals surface area contributed by atoms with Crippen LogP contribution in [0.15, 0.2) is 48.5 Å². The minimum absolute atomic E-state index is 0.0390. The van der Waals surface area contributed by atoms with E-state index in [9.17, 15) is 14.3 Å². The van der Waals surface area contributed by atoms with Crippen LogP contribution in [0, 0.1) is 5.82 Å². The molecule has 2 N–H and O–H groups in total. The van der Waals surface area contributed by atoms with Gasteiger partial charge >= 0.3 is 0 Å². The number of ether oxygens (including phenoxy) is 1. The third-order valence-corrected chi connectivity index (χ3v) is 3.45. The summed E-state index contributed by atoms with van der Waals surface area (Å²) >= 11 is 5.78. The fourth-order valence-corrected chi connectivity index (χ4v) is 2.07. The van der Waals surface area contributed by atoms with E-state index in [1.165, 1.54) is 18.2 Å². The summed E-state index contributed by atoms with van der Waals surface area (Å²) in [6.07, 6.45) is -1.66. The molecule has 1 amide bonds. The van der Waals surface area contributed by atoms with Gasteiger partial charge in [0.15, 0.2) is 6.10 Å². The van der Waals surface area contributed by atoms with Crippen molar-refractivity contribution in [2.24, 2.45) is 0 Å². The first-order chi connectivity index (χ1) is 11.0. The molecule has 0 saturated carbocycles. The lowest BCUT2D eigenvalue weighted by atomic mass is 10.1. The predicted molar refractivity (Wildman–Crippen MR) is 85.9 cm³/mol. The van der Waals surface area contributed by atoms with E-state index in [4.69, 9.17) is 16.3 Å². The number of benzene rings is 2. The van der Waals surface area contributed by atoms with Gasteiger partial charge in [-0.1, -0.05) is 29.8 Å². The van der Waals surface area contributed by atoms with Crippen molar-refractivity contribution in [1.82, 2.24) is 5.32 Å². The zero-order valence-corrected chi connectivity index (χ0v) is 13.3. The normalized spacial score (nSPS) is 13.2. The first-order valence-electron chi connectivity index (χ1n) is 7.09. The third kappa shape index (κ3) is 5.23. The molecular weight excluding hydrogens is 321 g/mol. The molecule has 6 heteroatoms. The SMILES string of the molecule is CC(Oc1cccc(F)c1)C(=O)NCC(O)c1ccc(Cl)cc1. The van der Waals surface area contributed by atoms with Crippen molar-refractivity contribution in [3.63, 3.8) is 0 Å². The molecule has 0 aliphatic heterocycles. The minimum Gasteiger partial charge on any atom is -0.481 e. The highest BCUT2D eigenvalue weighted by Gasteiger charge is 2.16. The molecular formula is C17H17ClFNO3. The van der Waals surface area contributed by atoms with Crippen molar-refractivity contribution >= 4 is 17.5 Å². The maximum absolute atomic E-state index is 13.1. The molecule has 0 heterocycles. The Bertz CT molecular complexity index is 663. The quantitative estimate of drug-likeness (QED) is 0.851. The van der Waals surface area contributed by atoms with E-state index >= 15 is 0 Å². The Morgan fingerprint density at radius 3 is 2.65 bits per heavy atom. The topological polar surface area (TPSA) is 58.6 Å². The fraction of sp³-hybridized carbons (Fsp3) is 0.235. The Labute approximate surface area is 138 Å². The van der Waals surface area contributed by atoms with Crippen LogP contribution in [0.3, 0.4) is 0 Å². The maximum Gasteiger partial charge on any atom is 0.260 e. The van der Waals surface area contributed by atoms with Crippen LogP contribution >= 0.6 is 11.6 Å². The molecule has 0 saturated heterocycles. The molecule has 0 bridgehead atoms. The van der Waals surface area contributed by atoms with Gasteiger partial charge in [-0.05, 0) is 36.8 Å². The smallest absolute Gasteiger partial charge is 0.260 e. The van der Waals surface area contributed by atoms with Crippen LogP contribution in [0.5, 0.6) is 5.75 Å². The van der Waals surface area contributed by atoms with Crippen LogP contribution in [0.2, 0.25) is 5.02 Å². The van der Waals surface area contributed by atoms with E-state index in [2.05, 4.69) is 5.32 Å². The van der Waals surface area contributed by atoms with Gasteiger partial charge in [-0.15, -0.1) is 0 Å². The van der Waals surface area contributed by atoms with Gasteiger partial charge in [0.25, 0.3) is 5.91 Å². The van der Waals surface area contributed by atoms with Crippen molar-refractivity contribution in [2.75, 3.05) is 6.54 Å². The second-order valence-electron chi connectivity index (χ2n) is 5.03. The molecule has 2 aromatic carbocycles. The van der Waals surface area contributed by atoms with Crippen molar-refractivity contribution in [1.29, 1.82) is 0 Å². The summed E-state index contributed by atoms with van der Waals surface area (Å²) in [5, 5.41) is 13.2. The van der Waals surface area contributed by atoms with E-state index in [0.29, 0.717) is 10.6 Å². The fourth-order valence-electron chi connectivity index (χ4n) is 1.94. The van der Waals surface area contributed by atoms with Gasteiger partial charge in [0.05, 0.1) is 6.10 Å². The highest BCUT2D eigenvalue weighted by atomic mass is 35.5. The molecule has 2 aromatic rings. The molecule has 0 aliphatic carbocycles. The number of carbonyl (C=O) groups excluding carboxylic acids is 1. The number of hydrogen-bond donors (Lipinski definition) is 2. The molecule has 2 unspecified atom stereocenters. The highest BCUT2D eigenvalue weighted by molar-refractivity contribution is 6.30. The van der Waals surface area contributed by atoms with Crippen LogP contribution in [0.4, 0.5) is 4.39 Å². The molecule has 0 fully saturated rings. The van der Waals surface area contributed by atoms with Gasteiger partial charge in [0.1, 0.15) is 11.6 Å². The Morgan fingerprint density at radius 1 is 1.30 bits per heavy atom. The lowest BCUT2D eigenvalue weighted by Crippen LogP contribution is -2.38. The zero-order chi connectivity index (χ0) is 16.8. The van der Waals surface area contributed by atoms with Gasteiger partial charge in [-0.2, -0.15) is 0 Å². The van der Waals surface area contributed by atoms with Gasteiger partial charge in [-0.25, -0.2) is 4.39 Å². The largest absolute Gasteiger partial charge is 0.481 e. The molecule has 0 spiro atoms. The summed E-state index contributed by atoms with van der Waals surface area (Å²) in [6.45, 7) is 1.59. The van der Waals surface area contributed by atoms with Crippen LogP contribution < -0.4 is 10.1 Å². The molecule has 23 heavy (non-hydrogen) atoms. The maximum atomic E-state index is 13.1. The van der Waals surface area contributed by atoms with Crippen molar-refractivity contribution in [2.45, 2.75) is 19.1 Å². The van der Waals surface area contributed by atoms with Gasteiger partial charge in [0, 0.05) is 17.6 Å². The Morgan fingerprint density at radius 2 is 2.00 bits per heavy atom. The summed E-state index contributed by atoms with van der Waals surface area (Å²) in [5.41, 5.74) is 0.647. The van der Waals surface area contributed by atoms with E-state index in [0.717, 1.165) is 0 Å². The number of amides is 1. The lowest BCUT2D eigenvalue weighted by molar-refractivity contribution is -0.127.